The second-order valence-corrected chi connectivity index (χ2v) is 12.0. The molecule has 0 amide bonds. The van der Waals surface area contributed by atoms with E-state index in [4.69, 9.17) is 27.2 Å². The number of likely N-dealkylation sites (tertiary alicyclic amines) is 1. The molecule has 12 heteroatoms. The van der Waals surface area contributed by atoms with Crippen molar-refractivity contribution in [3.05, 3.63) is 87.5 Å². The van der Waals surface area contributed by atoms with Crippen molar-refractivity contribution in [2.75, 3.05) is 25.0 Å². The van der Waals surface area contributed by atoms with Gasteiger partial charge in [0.25, 0.3) is 0 Å². The van der Waals surface area contributed by atoms with Crippen LogP contribution in [0.15, 0.2) is 52.9 Å². The number of carbonyl (C=O) groups excluding carboxylic acids is 1. The van der Waals surface area contributed by atoms with Gasteiger partial charge in [0, 0.05) is 48.1 Å². The Morgan fingerprint density at radius 2 is 1.98 bits per heavy atom. The van der Waals surface area contributed by atoms with Crippen molar-refractivity contribution in [1.82, 2.24) is 14.9 Å². The van der Waals surface area contributed by atoms with Crippen LogP contribution >= 0.6 is 11.6 Å². The number of ketones is 1. The molecule has 4 N–H and O–H groups in total. The number of Topliss-reactive ketones (excluding diaryl/α,β-unsaturated/α-hetero) is 1. The lowest BCUT2D eigenvalue weighted by molar-refractivity contribution is -0.137. The predicted molar refractivity (Wildman–Crippen MR) is 169 cm³/mol. The molecular weight excluding hydrogens is 605 g/mol. The Kier molecular flexibility index (Phi) is 9.79. The molecule has 45 heavy (non-hydrogen) atoms. The smallest absolute Gasteiger partial charge is 0.417 e. The topological polar surface area (TPSA) is 121 Å². The van der Waals surface area contributed by atoms with Gasteiger partial charge in [0.1, 0.15) is 34.6 Å². The molecule has 2 unspecified atom stereocenters. The first-order valence-corrected chi connectivity index (χ1v) is 15.3. The SMILES string of the molecule is CCN1CCC(C(CCc2cc3cc(C(=N)N)ccc3o2)Nc2cc(C)nc(CC(=O)Cc3ccc(C(F)(F)F)c(Cl)c3)n2)C1. The highest BCUT2D eigenvalue weighted by atomic mass is 35.5. The maximum Gasteiger partial charge on any atom is 0.417 e. The van der Waals surface area contributed by atoms with Crippen LogP contribution in [-0.4, -0.2) is 52.2 Å². The number of hydrogen-bond donors (Lipinski definition) is 3. The number of hydrogen-bond acceptors (Lipinski definition) is 7. The van der Waals surface area contributed by atoms with E-state index in [9.17, 15) is 18.0 Å². The molecule has 0 radical (unpaired) electrons. The van der Waals surface area contributed by atoms with Crippen molar-refractivity contribution >= 4 is 40.0 Å². The van der Waals surface area contributed by atoms with Gasteiger partial charge in [-0.25, -0.2) is 9.97 Å². The largest absolute Gasteiger partial charge is 0.461 e. The summed E-state index contributed by atoms with van der Waals surface area (Å²) in [4.78, 5) is 24.4. The van der Waals surface area contributed by atoms with Crippen molar-refractivity contribution in [2.45, 2.75) is 58.2 Å². The molecule has 5 rings (SSSR count). The monoisotopic (exact) mass is 640 g/mol. The second kappa shape index (κ2) is 13.6. The quantitative estimate of drug-likeness (QED) is 0.118. The van der Waals surface area contributed by atoms with Crippen molar-refractivity contribution < 1.29 is 22.4 Å². The van der Waals surface area contributed by atoms with Gasteiger partial charge in [-0.2, -0.15) is 13.2 Å². The maximum absolute atomic E-state index is 13.1. The normalized spacial score (nSPS) is 16.3. The van der Waals surface area contributed by atoms with Gasteiger partial charge in [0.05, 0.1) is 17.0 Å². The maximum atomic E-state index is 13.1. The summed E-state index contributed by atoms with van der Waals surface area (Å²) in [7, 11) is 0. The molecule has 8 nitrogen and oxygen atoms in total. The molecule has 0 aliphatic carbocycles. The molecule has 1 aliphatic heterocycles. The Hall–Kier alpha value is -3.96. The number of alkyl halides is 3. The Morgan fingerprint density at radius 1 is 1.18 bits per heavy atom. The van der Waals surface area contributed by atoms with E-state index >= 15 is 0 Å². The van der Waals surface area contributed by atoms with Crippen molar-refractivity contribution in [3.8, 4) is 0 Å². The minimum atomic E-state index is -4.56. The predicted octanol–water partition coefficient (Wildman–Crippen LogP) is 6.60. The van der Waals surface area contributed by atoms with Crippen LogP contribution in [0.1, 0.15) is 53.7 Å². The number of halogens is 4. The van der Waals surface area contributed by atoms with Crippen molar-refractivity contribution in [3.63, 3.8) is 0 Å². The summed E-state index contributed by atoms with van der Waals surface area (Å²) in [5.41, 5.74) is 7.22. The molecule has 238 valence electrons. The molecule has 2 aromatic carbocycles. The number of nitrogens with two attached hydrogens (primary N) is 1. The molecule has 3 heterocycles. The van der Waals surface area contributed by atoms with Crippen LogP contribution in [0.25, 0.3) is 11.0 Å². The average Bonchev–Trinajstić information content (AvgIpc) is 3.60. The fraction of sp³-hybridized carbons (Fsp3) is 0.394. The molecular formula is C33H36ClF3N6O2. The fourth-order valence-corrected chi connectivity index (χ4v) is 6.24. The number of nitrogens with one attached hydrogen (secondary N) is 2. The van der Waals surface area contributed by atoms with Crippen molar-refractivity contribution in [2.24, 2.45) is 11.7 Å². The second-order valence-electron chi connectivity index (χ2n) is 11.6. The summed E-state index contributed by atoms with van der Waals surface area (Å²) in [6, 6.07) is 12.7. The summed E-state index contributed by atoms with van der Waals surface area (Å²) in [6.07, 6.45) is -2.19. The summed E-state index contributed by atoms with van der Waals surface area (Å²) in [5, 5.41) is 11.8. The van der Waals surface area contributed by atoms with E-state index in [-0.39, 0.29) is 30.5 Å². The van der Waals surface area contributed by atoms with E-state index in [1.807, 2.05) is 31.2 Å². The van der Waals surface area contributed by atoms with Crippen LogP contribution < -0.4 is 11.1 Å². The molecule has 2 aromatic heterocycles. The zero-order valence-corrected chi connectivity index (χ0v) is 25.9. The summed E-state index contributed by atoms with van der Waals surface area (Å²) in [6.45, 7) is 6.96. The molecule has 0 spiro atoms. The number of furan rings is 1. The molecule has 1 aliphatic rings. The molecule has 0 bridgehead atoms. The van der Waals surface area contributed by atoms with Gasteiger partial charge in [-0.05, 0) is 80.7 Å². The number of aromatic nitrogens is 2. The lowest BCUT2D eigenvalue weighted by Gasteiger charge is -2.26. The Labute approximate surface area is 264 Å². The van der Waals surface area contributed by atoms with E-state index in [2.05, 4.69) is 27.1 Å². The lowest BCUT2D eigenvalue weighted by Crippen LogP contribution is -2.33. The minimum Gasteiger partial charge on any atom is -0.461 e. The highest BCUT2D eigenvalue weighted by Gasteiger charge is 2.33. The lowest BCUT2D eigenvalue weighted by atomic mass is 9.94. The third kappa shape index (κ3) is 8.20. The van der Waals surface area contributed by atoms with Crippen LogP contribution in [0.4, 0.5) is 19.0 Å². The Bertz CT molecular complexity index is 1710. The third-order valence-corrected chi connectivity index (χ3v) is 8.55. The van der Waals surface area contributed by atoms with Gasteiger partial charge in [-0.15, -0.1) is 0 Å². The standard InChI is InChI=1S/C33H36ClF3N6O2/c1-3-43-11-10-22(18-43)28(8-6-25-16-23-15-21(32(38)39)5-9-29(23)45-25)41-30-12-19(2)40-31(42-30)17-24(44)13-20-4-7-26(27(34)14-20)33(35,36)37/h4-5,7,9,12,14-16,22,28H,3,6,8,10-11,13,17-18H2,1-2H3,(H3,38,39)(H,40,41,42). The number of rotatable bonds is 12. The zero-order chi connectivity index (χ0) is 32.3. The number of fused-ring (bicyclic) bond motifs is 1. The van der Waals surface area contributed by atoms with Crippen molar-refractivity contribution in [1.29, 1.82) is 5.41 Å². The van der Waals surface area contributed by atoms with E-state index in [1.54, 1.807) is 6.07 Å². The minimum absolute atomic E-state index is 0.0100. The third-order valence-electron chi connectivity index (χ3n) is 8.23. The number of benzene rings is 2. The zero-order valence-electron chi connectivity index (χ0n) is 25.2. The van der Waals surface area contributed by atoms with Gasteiger partial charge in [-0.1, -0.05) is 24.6 Å². The van der Waals surface area contributed by atoms with Crippen LogP contribution in [0.5, 0.6) is 0 Å². The molecule has 1 fully saturated rings. The molecule has 1 saturated heterocycles. The fourth-order valence-electron chi connectivity index (χ4n) is 5.93. The first-order chi connectivity index (χ1) is 21.4. The van der Waals surface area contributed by atoms with Crippen LogP contribution in [-0.2, 0) is 30.2 Å². The number of amidine groups is 1. The van der Waals surface area contributed by atoms with Gasteiger partial charge in [0.2, 0.25) is 0 Å². The van der Waals surface area contributed by atoms with Gasteiger partial charge < -0.3 is 20.4 Å². The summed E-state index contributed by atoms with van der Waals surface area (Å²) in [5.74, 6) is 1.97. The average molecular weight is 641 g/mol. The van der Waals surface area contributed by atoms with Crippen LogP contribution in [0, 0.1) is 18.3 Å². The highest BCUT2D eigenvalue weighted by Crippen LogP contribution is 2.35. The van der Waals surface area contributed by atoms with Gasteiger partial charge in [0.15, 0.2) is 0 Å². The van der Waals surface area contributed by atoms with Crippen LogP contribution in [0.3, 0.4) is 0 Å². The van der Waals surface area contributed by atoms with E-state index in [0.29, 0.717) is 40.8 Å². The number of anilines is 1. The van der Waals surface area contributed by atoms with E-state index in [0.717, 1.165) is 55.3 Å². The van der Waals surface area contributed by atoms with Gasteiger partial charge >= 0.3 is 6.18 Å². The summed E-state index contributed by atoms with van der Waals surface area (Å²) >= 11 is 5.84. The Balaban J connectivity index is 1.29. The number of aryl methyl sites for hydroxylation is 2. The van der Waals surface area contributed by atoms with E-state index < -0.39 is 16.8 Å². The van der Waals surface area contributed by atoms with Crippen LogP contribution in [0.2, 0.25) is 5.02 Å². The molecule has 4 aromatic rings. The number of nitrogens with zero attached hydrogens (tertiary/aromatic N) is 3. The van der Waals surface area contributed by atoms with E-state index in [1.165, 1.54) is 12.1 Å². The molecule has 2 atom stereocenters. The number of carbonyl (C=O) groups is 1. The first-order valence-electron chi connectivity index (χ1n) is 15.0. The first kappa shape index (κ1) is 32.4. The Morgan fingerprint density at radius 3 is 2.67 bits per heavy atom. The number of nitrogen functional groups attached to an aromatic ring is 1. The summed E-state index contributed by atoms with van der Waals surface area (Å²) < 4.78 is 45.3. The highest BCUT2D eigenvalue weighted by molar-refractivity contribution is 6.31. The molecule has 0 saturated carbocycles. The van der Waals surface area contributed by atoms with Gasteiger partial charge in [-0.3, -0.25) is 10.2 Å².